The van der Waals surface area contributed by atoms with E-state index >= 15 is 0 Å². The zero-order valence-corrected chi connectivity index (χ0v) is 13.3. The summed E-state index contributed by atoms with van der Waals surface area (Å²) in [5.74, 6) is 0.547. The Labute approximate surface area is 129 Å². The predicted octanol–water partition coefficient (Wildman–Crippen LogP) is 1.90. The van der Waals surface area contributed by atoms with Gasteiger partial charge in [-0.05, 0) is 64.7 Å². The van der Waals surface area contributed by atoms with Crippen LogP contribution in [0.2, 0.25) is 0 Å². The van der Waals surface area contributed by atoms with Crippen molar-refractivity contribution >= 4 is 5.91 Å². The minimum atomic E-state index is 0.241. The second-order valence-electron chi connectivity index (χ2n) is 7.22. The van der Waals surface area contributed by atoms with Crippen molar-refractivity contribution in [2.24, 2.45) is 5.92 Å². The van der Waals surface area contributed by atoms with Crippen LogP contribution in [0.15, 0.2) is 0 Å². The van der Waals surface area contributed by atoms with Crippen molar-refractivity contribution in [1.82, 2.24) is 15.5 Å². The van der Waals surface area contributed by atoms with Gasteiger partial charge in [0.25, 0.3) is 0 Å². The molecule has 0 spiro atoms. The summed E-state index contributed by atoms with van der Waals surface area (Å²) >= 11 is 0. The number of likely N-dealkylation sites (tertiary alicyclic amines) is 1. The molecule has 0 radical (unpaired) electrons. The lowest BCUT2D eigenvalue weighted by atomic mass is 9.80. The molecule has 21 heavy (non-hydrogen) atoms. The van der Waals surface area contributed by atoms with Crippen LogP contribution in [-0.4, -0.2) is 49.1 Å². The fourth-order valence-electron chi connectivity index (χ4n) is 4.49. The van der Waals surface area contributed by atoms with Gasteiger partial charge in [-0.3, -0.25) is 9.69 Å². The van der Waals surface area contributed by atoms with Crippen LogP contribution in [0.3, 0.4) is 0 Å². The average Bonchev–Trinajstić information content (AvgIpc) is 3.09. The van der Waals surface area contributed by atoms with E-state index in [1.807, 2.05) is 0 Å². The molecule has 0 aromatic heterocycles. The van der Waals surface area contributed by atoms with E-state index in [0.29, 0.717) is 5.91 Å². The largest absolute Gasteiger partial charge is 0.354 e. The molecule has 0 aromatic carbocycles. The first kappa shape index (κ1) is 15.3. The van der Waals surface area contributed by atoms with E-state index in [9.17, 15) is 4.79 Å². The molecule has 4 heteroatoms. The summed E-state index contributed by atoms with van der Waals surface area (Å²) in [4.78, 5) is 15.1. The SMILES string of the molecule is O=C(NCC1(N2CCCC2)CCCCC1)C1CCNCC1. The molecule has 3 fully saturated rings. The standard InChI is InChI=1S/C17H31N3O/c21-16(15-6-10-18-11-7-15)19-14-17(8-2-1-3-9-17)20-12-4-5-13-20/h15,18H,1-14H2,(H,19,21). The molecule has 2 N–H and O–H groups in total. The summed E-state index contributed by atoms with van der Waals surface area (Å²) in [6, 6.07) is 0. The lowest BCUT2D eigenvalue weighted by Gasteiger charge is -2.45. The quantitative estimate of drug-likeness (QED) is 0.832. The van der Waals surface area contributed by atoms with Crippen molar-refractivity contribution in [2.75, 3.05) is 32.7 Å². The number of nitrogens with zero attached hydrogens (tertiary/aromatic N) is 1. The molecular weight excluding hydrogens is 262 g/mol. The third-order valence-electron chi connectivity index (χ3n) is 5.86. The van der Waals surface area contributed by atoms with Gasteiger partial charge in [0.1, 0.15) is 0 Å². The fraction of sp³-hybridized carbons (Fsp3) is 0.941. The normalized spacial score (nSPS) is 27.6. The Bertz CT molecular complexity index is 340. The Morgan fingerprint density at radius 2 is 1.71 bits per heavy atom. The van der Waals surface area contributed by atoms with Crippen LogP contribution in [0.1, 0.15) is 57.8 Å². The van der Waals surface area contributed by atoms with Crippen LogP contribution in [-0.2, 0) is 4.79 Å². The van der Waals surface area contributed by atoms with Gasteiger partial charge in [-0.1, -0.05) is 19.3 Å². The molecule has 3 aliphatic rings. The molecule has 1 saturated carbocycles. The second-order valence-corrected chi connectivity index (χ2v) is 7.22. The van der Waals surface area contributed by atoms with Crippen molar-refractivity contribution in [1.29, 1.82) is 0 Å². The Balaban J connectivity index is 1.57. The summed E-state index contributed by atoms with van der Waals surface area (Å²) in [5, 5.41) is 6.67. The van der Waals surface area contributed by atoms with Crippen LogP contribution in [0.25, 0.3) is 0 Å². The number of carbonyl (C=O) groups is 1. The summed E-state index contributed by atoms with van der Waals surface area (Å²) in [6.07, 6.45) is 11.3. The van der Waals surface area contributed by atoms with Crippen molar-refractivity contribution < 1.29 is 4.79 Å². The molecule has 4 nitrogen and oxygen atoms in total. The molecule has 3 rings (SSSR count). The molecule has 0 unspecified atom stereocenters. The summed E-state index contributed by atoms with van der Waals surface area (Å²) in [7, 11) is 0. The molecule has 0 aromatic rings. The van der Waals surface area contributed by atoms with E-state index < -0.39 is 0 Å². The predicted molar refractivity (Wildman–Crippen MR) is 85.2 cm³/mol. The molecule has 2 saturated heterocycles. The van der Waals surface area contributed by atoms with Gasteiger partial charge in [0, 0.05) is 18.0 Å². The van der Waals surface area contributed by atoms with Crippen molar-refractivity contribution in [3.05, 3.63) is 0 Å². The summed E-state index contributed by atoms with van der Waals surface area (Å²) in [5.41, 5.74) is 0.275. The third kappa shape index (κ3) is 3.59. The van der Waals surface area contributed by atoms with Gasteiger partial charge < -0.3 is 10.6 Å². The van der Waals surface area contributed by atoms with Crippen LogP contribution in [0.5, 0.6) is 0 Å². The molecule has 120 valence electrons. The van der Waals surface area contributed by atoms with Gasteiger partial charge in [0.05, 0.1) is 0 Å². The van der Waals surface area contributed by atoms with Crippen molar-refractivity contribution in [2.45, 2.75) is 63.3 Å². The topological polar surface area (TPSA) is 44.4 Å². The number of piperidine rings is 1. The highest BCUT2D eigenvalue weighted by molar-refractivity contribution is 5.78. The number of hydrogen-bond acceptors (Lipinski definition) is 3. The smallest absolute Gasteiger partial charge is 0.223 e. The molecule has 1 aliphatic carbocycles. The van der Waals surface area contributed by atoms with Gasteiger partial charge >= 0.3 is 0 Å². The minimum absolute atomic E-state index is 0.241. The monoisotopic (exact) mass is 293 g/mol. The van der Waals surface area contributed by atoms with Crippen molar-refractivity contribution in [3.8, 4) is 0 Å². The van der Waals surface area contributed by atoms with E-state index in [-0.39, 0.29) is 11.5 Å². The first-order chi connectivity index (χ1) is 10.3. The fourth-order valence-corrected chi connectivity index (χ4v) is 4.49. The van der Waals surface area contributed by atoms with Crippen LogP contribution >= 0.6 is 0 Å². The van der Waals surface area contributed by atoms with Crippen LogP contribution < -0.4 is 10.6 Å². The Kier molecular flexibility index (Phi) is 5.17. The Morgan fingerprint density at radius 1 is 1.05 bits per heavy atom. The van der Waals surface area contributed by atoms with E-state index in [2.05, 4.69) is 15.5 Å². The molecule has 1 amide bonds. The van der Waals surface area contributed by atoms with Gasteiger partial charge in [0.2, 0.25) is 5.91 Å². The van der Waals surface area contributed by atoms with E-state index in [4.69, 9.17) is 0 Å². The lowest BCUT2D eigenvalue weighted by Crippen LogP contribution is -2.56. The molecule has 0 atom stereocenters. The Morgan fingerprint density at radius 3 is 2.38 bits per heavy atom. The van der Waals surface area contributed by atoms with E-state index in [1.54, 1.807) is 0 Å². The zero-order valence-electron chi connectivity index (χ0n) is 13.3. The van der Waals surface area contributed by atoms with Crippen LogP contribution in [0.4, 0.5) is 0 Å². The first-order valence-electron chi connectivity index (χ1n) is 9.04. The molecule has 2 heterocycles. The highest BCUT2D eigenvalue weighted by Crippen LogP contribution is 2.35. The minimum Gasteiger partial charge on any atom is -0.354 e. The number of amides is 1. The highest BCUT2D eigenvalue weighted by atomic mass is 16.1. The molecule has 0 bridgehead atoms. The zero-order chi connectivity index (χ0) is 14.5. The molecular formula is C17H31N3O. The van der Waals surface area contributed by atoms with E-state index in [1.165, 1.54) is 58.0 Å². The van der Waals surface area contributed by atoms with Crippen molar-refractivity contribution in [3.63, 3.8) is 0 Å². The van der Waals surface area contributed by atoms with Gasteiger partial charge in [-0.2, -0.15) is 0 Å². The number of carbonyl (C=O) groups excluding carboxylic acids is 1. The average molecular weight is 293 g/mol. The second kappa shape index (κ2) is 7.10. The highest BCUT2D eigenvalue weighted by Gasteiger charge is 2.39. The third-order valence-corrected chi connectivity index (χ3v) is 5.86. The first-order valence-corrected chi connectivity index (χ1v) is 9.04. The number of hydrogen-bond donors (Lipinski definition) is 2. The van der Waals surface area contributed by atoms with Gasteiger partial charge in [-0.15, -0.1) is 0 Å². The maximum absolute atomic E-state index is 12.4. The Hall–Kier alpha value is -0.610. The van der Waals surface area contributed by atoms with Gasteiger partial charge in [0.15, 0.2) is 0 Å². The lowest BCUT2D eigenvalue weighted by molar-refractivity contribution is -0.126. The summed E-state index contributed by atoms with van der Waals surface area (Å²) < 4.78 is 0. The maximum atomic E-state index is 12.4. The van der Waals surface area contributed by atoms with Gasteiger partial charge in [-0.25, -0.2) is 0 Å². The van der Waals surface area contributed by atoms with E-state index in [0.717, 1.165) is 32.5 Å². The van der Waals surface area contributed by atoms with Crippen LogP contribution in [0, 0.1) is 5.92 Å². The number of rotatable bonds is 4. The number of nitrogens with one attached hydrogen (secondary N) is 2. The summed E-state index contributed by atoms with van der Waals surface area (Å²) in [6.45, 7) is 5.35. The maximum Gasteiger partial charge on any atom is 0.223 e. The molecule has 2 aliphatic heterocycles.